The molecule has 0 radical (unpaired) electrons. The molecule has 1 aromatic heterocycles. The van der Waals surface area contributed by atoms with Crippen molar-refractivity contribution in [1.29, 1.82) is 0 Å². The smallest absolute Gasteiger partial charge is 0.261 e. The van der Waals surface area contributed by atoms with E-state index < -0.39 is 6.10 Å². The van der Waals surface area contributed by atoms with Crippen LogP contribution in [-0.2, 0) is 11.3 Å². The normalized spacial score (nSPS) is 12.2. The van der Waals surface area contributed by atoms with Crippen molar-refractivity contribution in [3.05, 3.63) is 78.4 Å². The van der Waals surface area contributed by atoms with Gasteiger partial charge in [0.2, 0.25) is 0 Å². The number of ether oxygens (including phenoxy) is 1. The molecule has 1 heterocycles. The van der Waals surface area contributed by atoms with Crippen LogP contribution in [0.4, 0.5) is 0 Å². The van der Waals surface area contributed by atoms with E-state index in [2.05, 4.69) is 22.4 Å². The number of carbonyl (C=O) groups is 1. The van der Waals surface area contributed by atoms with Gasteiger partial charge in [-0.05, 0) is 30.7 Å². The van der Waals surface area contributed by atoms with Crippen molar-refractivity contribution in [2.45, 2.75) is 19.6 Å². The summed E-state index contributed by atoms with van der Waals surface area (Å²) in [4.78, 5) is 15.7. The number of aromatic amines is 1. The first-order valence-electron chi connectivity index (χ1n) is 8.69. The van der Waals surface area contributed by atoms with Crippen LogP contribution in [0.1, 0.15) is 12.5 Å². The van der Waals surface area contributed by atoms with E-state index in [-0.39, 0.29) is 5.91 Å². The molecule has 0 aliphatic heterocycles. The summed E-state index contributed by atoms with van der Waals surface area (Å²) in [5.74, 6) is 0.539. The van der Waals surface area contributed by atoms with Gasteiger partial charge in [-0.25, -0.2) is 0 Å². The zero-order chi connectivity index (χ0) is 17.9. The second kappa shape index (κ2) is 6.92. The number of carbonyl (C=O) groups excluding carboxylic acids is 1. The molecule has 4 nitrogen and oxygen atoms in total. The van der Waals surface area contributed by atoms with Crippen LogP contribution < -0.4 is 10.1 Å². The van der Waals surface area contributed by atoms with E-state index >= 15 is 0 Å². The van der Waals surface area contributed by atoms with Gasteiger partial charge in [0.05, 0.1) is 5.52 Å². The standard InChI is InChI=1S/C22H20N2O2/c1-15(22(25)23-14-16-7-3-2-4-8-16)26-17-11-12-19-18-9-5-6-10-20(18)24-21(19)13-17/h2-13,15,24H,14H2,1H3,(H,23,25)/t15-/m1/s1. The highest BCUT2D eigenvalue weighted by atomic mass is 16.5. The third kappa shape index (κ3) is 3.26. The van der Waals surface area contributed by atoms with E-state index in [1.807, 2.05) is 60.7 Å². The van der Waals surface area contributed by atoms with Gasteiger partial charge in [-0.3, -0.25) is 4.79 Å². The molecule has 0 aliphatic rings. The Labute approximate surface area is 151 Å². The van der Waals surface area contributed by atoms with Gasteiger partial charge in [0.1, 0.15) is 5.75 Å². The quantitative estimate of drug-likeness (QED) is 0.564. The van der Waals surface area contributed by atoms with E-state index in [0.717, 1.165) is 22.0 Å². The van der Waals surface area contributed by atoms with Crippen molar-refractivity contribution in [1.82, 2.24) is 10.3 Å². The Morgan fingerprint density at radius 2 is 1.69 bits per heavy atom. The number of benzene rings is 3. The van der Waals surface area contributed by atoms with Gasteiger partial charge in [0.25, 0.3) is 5.91 Å². The van der Waals surface area contributed by atoms with E-state index in [1.165, 1.54) is 5.39 Å². The summed E-state index contributed by atoms with van der Waals surface area (Å²) >= 11 is 0. The maximum absolute atomic E-state index is 12.3. The number of hydrogen-bond acceptors (Lipinski definition) is 2. The van der Waals surface area contributed by atoms with Crippen molar-refractivity contribution < 1.29 is 9.53 Å². The molecule has 2 N–H and O–H groups in total. The second-order valence-electron chi connectivity index (χ2n) is 6.34. The minimum Gasteiger partial charge on any atom is -0.481 e. The lowest BCUT2D eigenvalue weighted by molar-refractivity contribution is -0.127. The fourth-order valence-electron chi connectivity index (χ4n) is 3.09. The minimum atomic E-state index is -0.569. The van der Waals surface area contributed by atoms with Crippen LogP contribution in [0.15, 0.2) is 72.8 Å². The molecule has 0 saturated carbocycles. The lowest BCUT2D eigenvalue weighted by Crippen LogP contribution is -2.35. The first kappa shape index (κ1) is 16.2. The maximum Gasteiger partial charge on any atom is 0.261 e. The van der Waals surface area contributed by atoms with Crippen molar-refractivity contribution in [3.8, 4) is 5.75 Å². The Balaban J connectivity index is 1.45. The van der Waals surface area contributed by atoms with Crippen molar-refractivity contribution in [3.63, 3.8) is 0 Å². The Kier molecular flexibility index (Phi) is 4.32. The highest BCUT2D eigenvalue weighted by Crippen LogP contribution is 2.28. The molecular weight excluding hydrogens is 324 g/mol. The highest BCUT2D eigenvalue weighted by Gasteiger charge is 2.15. The third-order valence-electron chi connectivity index (χ3n) is 4.47. The molecule has 1 atom stereocenters. The van der Waals surface area contributed by atoms with Gasteiger partial charge in [-0.15, -0.1) is 0 Å². The Morgan fingerprint density at radius 1 is 0.962 bits per heavy atom. The molecule has 4 heteroatoms. The largest absolute Gasteiger partial charge is 0.481 e. The fourth-order valence-corrected chi connectivity index (χ4v) is 3.09. The molecule has 0 bridgehead atoms. The summed E-state index contributed by atoms with van der Waals surface area (Å²) < 4.78 is 5.84. The van der Waals surface area contributed by atoms with E-state index in [1.54, 1.807) is 6.92 Å². The van der Waals surface area contributed by atoms with Gasteiger partial charge < -0.3 is 15.0 Å². The van der Waals surface area contributed by atoms with Gasteiger partial charge in [0, 0.05) is 28.9 Å². The minimum absolute atomic E-state index is 0.134. The number of fused-ring (bicyclic) bond motifs is 3. The molecular formula is C22H20N2O2. The number of para-hydroxylation sites is 1. The number of amides is 1. The van der Waals surface area contributed by atoms with Crippen LogP contribution >= 0.6 is 0 Å². The molecule has 0 unspecified atom stereocenters. The molecule has 26 heavy (non-hydrogen) atoms. The summed E-state index contributed by atoms with van der Waals surface area (Å²) in [5, 5.41) is 5.24. The van der Waals surface area contributed by atoms with Crippen molar-refractivity contribution in [2.24, 2.45) is 0 Å². The summed E-state index contributed by atoms with van der Waals surface area (Å²) in [6.07, 6.45) is -0.569. The van der Waals surface area contributed by atoms with Crippen molar-refractivity contribution in [2.75, 3.05) is 0 Å². The maximum atomic E-state index is 12.3. The van der Waals surface area contributed by atoms with Crippen LogP contribution in [-0.4, -0.2) is 17.0 Å². The van der Waals surface area contributed by atoms with Crippen LogP contribution in [0.5, 0.6) is 5.75 Å². The van der Waals surface area contributed by atoms with E-state index in [4.69, 9.17) is 4.74 Å². The molecule has 0 fully saturated rings. The van der Waals surface area contributed by atoms with Crippen LogP contribution in [0.3, 0.4) is 0 Å². The Bertz CT molecular complexity index is 1050. The SMILES string of the molecule is C[C@@H](Oc1ccc2c(c1)[nH]c1ccccc12)C(=O)NCc1ccccc1. The lowest BCUT2D eigenvalue weighted by atomic mass is 10.1. The Morgan fingerprint density at radius 3 is 2.54 bits per heavy atom. The van der Waals surface area contributed by atoms with Gasteiger partial charge in [-0.2, -0.15) is 0 Å². The van der Waals surface area contributed by atoms with Gasteiger partial charge in [0.15, 0.2) is 6.10 Å². The first-order chi connectivity index (χ1) is 12.7. The summed E-state index contributed by atoms with van der Waals surface area (Å²) in [5.41, 5.74) is 3.15. The van der Waals surface area contributed by atoms with Crippen molar-refractivity contribution >= 4 is 27.7 Å². The average Bonchev–Trinajstić information content (AvgIpc) is 3.04. The summed E-state index contributed by atoms with van der Waals surface area (Å²) in [7, 11) is 0. The number of aromatic nitrogens is 1. The summed E-state index contributed by atoms with van der Waals surface area (Å²) in [6.45, 7) is 2.25. The third-order valence-corrected chi connectivity index (χ3v) is 4.47. The Hall–Kier alpha value is -3.27. The predicted molar refractivity (Wildman–Crippen MR) is 104 cm³/mol. The number of nitrogens with one attached hydrogen (secondary N) is 2. The topological polar surface area (TPSA) is 54.1 Å². The van der Waals surface area contributed by atoms with E-state index in [9.17, 15) is 4.79 Å². The summed E-state index contributed by atoms with van der Waals surface area (Å²) in [6, 6.07) is 23.9. The zero-order valence-corrected chi connectivity index (χ0v) is 14.5. The fraction of sp³-hybridized carbons (Fsp3) is 0.136. The van der Waals surface area contributed by atoms with Crippen LogP contribution in [0.25, 0.3) is 21.8 Å². The second-order valence-corrected chi connectivity index (χ2v) is 6.34. The first-order valence-corrected chi connectivity index (χ1v) is 8.69. The average molecular weight is 344 g/mol. The van der Waals surface area contributed by atoms with E-state index in [0.29, 0.717) is 12.3 Å². The van der Waals surface area contributed by atoms with Gasteiger partial charge >= 0.3 is 0 Å². The molecule has 0 aliphatic carbocycles. The van der Waals surface area contributed by atoms with Crippen LogP contribution in [0.2, 0.25) is 0 Å². The number of hydrogen-bond donors (Lipinski definition) is 2. The molecule has 130 valence electrons. The predicted octanol–water partition coefficient (Wildman–Crippen LogP) is 4.40. The molecule has 0 saturated heterocycles. The lowest BCUT2D eigenvalue weighted by Gasteiger charge is -2.15. The van der Waals surface area contributed by atoms with Gasteiger partial charge in [-0.1, -0.05) is 48.5 Å². The zero-order valence-electron chi connectivity index (χ0n) is 14.5. The molecule has 0 spiro atoms. The molecule has 4 rings (SSSR count). The molecule has 3 aromatic carbocycles. The molecule has 4 aromatic rings. The monoisotopic (exact) mass is 344 g/mol. The molecule has 1 amide bonds. The number of H-pyrrole nitrogens is 1. The number of rotatable bonds is 5. The van der Waals surface area contributed by atoms with Crippen LogP contribution in [0, 0.1) is 0 Å². The highest BCUT2D eigenvalue weighted by molar-refractivity contribution is 6.07.